The predicted molar refractivity (Wildman–Crippen MR) is 78.9 cm³/mol. The molecular formula is C14H18N3O3S+. The number of rotatable bonds is 6. The Morgan fingerprint density at radius 1 is 1.38 bits per heavy atom. The molecule has 6 nitrogen and oxygen atoms in total. The minimum Gasteiger partial charge on any atom is -0.467 e. The van der Waals surface area contributed by atoms with Gasteiger partial charge in [0.05, 0.1) is 19.9 Å². The highest BCUT2D eigenvalue weighted by Gasteiger charge is 2.13. The maximum absolute atomic E-state index is 11.7. The van der Waals surface area contributed by atoms with E-state index in [1.54, 1.807) is 23.5 Å². The van der Waals surface area contributed by atoms with Crippen molar-refractivity contribution in [2.45, 2.75) is 13.1 Å². The number of hydrogen-bond donors (Lipinski definition) is 3. The lowest BCUT2D eigenvalue weighted by atomic mass is 10.3. The zero-order chi connectivity index (χ0) is 15.1. The topological polar surface area (TPSA) is 75.8 Å². The second-order valence-corrected chi connectivity index (χ2v) is 5.53. The Labute approximate surface area is 126 Å². The van der Waals surface area contributed by atoms with Crippen LogP contribution in [0.5, 0.6) is 0 Å². The van der Waals surface area contributed by atoms with Crippen LogP contribution in [-0.2, 0) is 17.9 Å². The molecule has 2 rings (SSSR count). The second kappa shape index (κ2) is 7.61. The van der Waals surface area contributed by atoms with E-state index in [1.807, 2.05) is 18.5 Å². The van der Waals surface area contributed by atoms with Gasteiger partial charge >= 0.3 is 6.03 Å². The fraction of sp³-hybridized carbons (Fsp3) is 0.286. The molecule has 7 heteroatoms. The Kier molecular flexibility index (Phi) is 5.53. The molecule has 0 saturated carbocycles. The van der Waals surface area contributed by atoms with Gasteiger partial charge in [-0.2, -0.15) is 11.3 Å². The van der Waals surface area contributed by atoms with Gasteiger partial charge in [0, 0.05) is 5.56 Å². The highest BCUT2D eigenvalue weighted by molar-refractivity contribution is 7.07. The molecule has 0 bridgehead atoms. The molecule has 1 atom stereocenters. The van der Waals surface area contributed by atoms with E-state index in [0.717, 1.165) is 11.4 Å². The molecule has 2 heterocycles. The molecule has 1 unspecified atom stereocenters. The fourth-order valence-electron chi connectivity index (χ4n) is 1.87. The van der Waals surface area contributed by atoms with Crippen LogP contribution < -0.4 is 15.5 Å². The Morgan fingerprint density at radius 3 is 2.90 bits per heavy atom. The van der Waals surface area contributed by atoms with E-state index in [-0.39, 0.29) is 19.0 Å². The molecule has 21 heavy (non-hydrogen) atoms. The van der Waals surface area contributed by atoms with Crippen molar-refractivity contribution in [1.82, 2.24) is 10.6 Å². The van der Waals surface area contributed by atoms with Gasteiger partial charge in [0.15, 0.2) is 6.54 Å². The molecule has 2 aromatic heterocycles. The monoisotopic (exact) mass is 308 g/mol. The molecule has 0 aliphatic heterocycles. The number of quaternary nitrogens is 1. The van der Waals surface area contributed by atoms with Crippen LogP contribution in [0.3, 0.4) is 0 Å². The summed E-state index contributed by atoms with van der Waals surface area (Å²) in [5.74, 6) is 0.331. The zero-order valence-electron chi connectivity index (χ0n) is 11.7. The quantitative estimate of drug-likeness (QED) is 0.722. The van der Waals surface area contributed by atoms with Crippen molar-refractivity contribution in [3.05, 3.63) is 46.5 Å². The van der Waals surface area contributed by atoms with Gasteiger partial charge in [0.2, 0.25) is 0 Å². The van der Waals surface area contributed by atoms with Crippen LogP contribution >= 0.6 is 11.3 Å². The molecule has 2 aromatic rings. The maximum atomic E-state index is 11.7. The number of carbonyl (C=O) groups is 2. The third-order valence-electron chi connectivity index (χ3n) is 2.80. The first kappa shape index (κ1) is 15.3. The number of hydrogen-bond acceptors (Lipinski definition) is 4. The van der Waals surface area contributed by atoms with Crippen molar-refractivity contribution >= 4 is 23.3 Å². The Balaban J connectivity index is 1.67. The van der Waals surface area contributed by atoms with Crippen molar-refractivity contribution < 1.29 is 18.9 Å². The molecule has 3 amide bonds. The number of likely N-dealkylation sites (N-methyl/N-ethyl adjacent to an activating group) is 1. The third-order valence-corrected chi connectivity index (χ3v) is 3.54. The average Bonchev–Trinajstić information content (AvgIpc) is 3.08. The van der Waals surface area contributed by atoms with E-state index in [2.05, 4.69) is 16.0 Å². The summed E-state index contributed by atoms with van der Waals surface area (Å²) in [7, 11) is 1.91. The number of urea groups is 1. The molecule has 0 aliphatic rings. The Morgan fingerprint density at radius 2 is 2.24 bits per heavy atom. The van der Waals surface area contributed by atoms with Gasteiger partial charge in [0.25, 0.3) is 5.91 Å². The standard InChI is InChI=1S/C14H17N3O3S/c1-17(8-11-4-6-21-10-11)9-13(18)16-14(19)15-7-12-3-2-5-20-12/h2-6,10H,7-9H2,1H3,(H2,15,16,18,19)/p+1. The molecule has 3 N–H and O–H groups in total. The SMILES string of the molecule is C[NH+](CC(=O)NC(=O)NCc1ccco1)Cc1ccsc1. The Bertz CT molecular complexity index is 566. The lowest BCUT2D eigenvalue weighted by molar-refractivity contribution is -0.885. The maximum Gasteiger partial charge on any atom is 0.321 e. The van der Waals surface area contributed by atoms with E-state index in [9.17, 15) is 9.59 Å². The number of carbonyl (C=O) groups excluding carboxylic acids is 2. The van der Waals surface area contributed by atoms with Crippen LogP contribution in [0.4, 0.5) is 4.79 Å². The lowest BCUT2D eigenvalue weighted by Crippen LogP contribution is -3.08. The first-order valence-electron chi connectivity index (χ1n) is 6.56. The van der Waals surface area contributed by atoms with E-state index >= 15 is 0 Å². The van der Waals surface area contributed by atoms with Gasteiger partial charge in [-0.15, -0.1) is 0 Å². The minimum atomic E-state index is -0.514. The molecule has 0 aliphatic carbocycles. The summed E-state index contributed by atoms with van der Waals surface area (Å²) in [5.41, 5.74) is 1.19. The van der Waals surface area contributed by atoms with Gasteiger partial charge in [-0.25, -0.2) is 4.79 Å². The van der Waals surface area contributed by atoms with E-state index in [1.165, 1.54) is 11.8 Å². The van der Waals surface area contributed by atoms with E-state index in [4.69, 9.17) is 4.42 Å². The van der Waals surface area contributed by atoms with E-state index in [0.29, 0.717) is 5.76 Å². The van der Waals surface area contributed by atoms with Crippen molar-refractivity contribution in [2.75, 3.05) is 13.6 Å². The highest BCUT2D eigenvalue weighted by atomic mass is 32.1. The molecule has 0 radical (unpaired) electrons. The van der Waals surface area contributed by atoms with Gasteiger partial charge in [-0.1, -0.05) is 0 Å². The molecule has 0 fully saturated rings. The minimum absolute atomic E-state index is 0.240. The van der Waals surface area contributed by atoms with Crippen LogP contribution in [0.25, 0.3) is 0 Å². The molecule has 112 valence electrons. The van der Waals surface area contributed by atoms with Gasteiger partial charge < -0.3 is 14.6 Å². The van der Waals surface area contributed by atoms with E-state index < -0.39 is 6.03 Å². The first-order valence-corrected chi connectivity index (χ1v) is 7.50. The largest absolute Gasteiger partial charge is 0.467 e. The van der Waals surface area contributed by atoms with Crippen LogP contribution in [0.1, 0.15) is 11.3 Å². The fourth-order valence-corrected chi connectivity index (χ4v) is 2.54. The predicted octanol–water partition coefficient (Wildman–Crippen LogP) is 0.382. The van der Waals surface area contributed by atoms with Gasteiger partial charge in [-0.3, -0.25) is 10.1 Å². The first-order chi connectivity index (χ1) is 10.1. The lowest BCUT2D eigenvalue weighted by Gasteiger charge is -2.12. The summed E-state index contributed by atoms with van der Waals surface area (Å²) in [5, 5.41) is 8.92. The molecular weight excluding hydrogens is 290 g/mol. The summed E-state index contributed by atoms with van der Waals surface area (Å²) >= 11 is 1.63. The highest BCUT2D eigenvalue weighted by Crippen LogP contribution is 2.03. The average molecular weight is 308 g/mol. The zero-order valence-corrected chi connectivity index (χ0v) is 12.5. The second-order valence-electron chi connectivity index (χ2n) is 4.75. The van der Waals surface area contributed by atoms with Crippen molar-refractivity contribution in [1.29, 1.82) is 0 Å². The number of furan rings is 1. The van der Waals surface area contributed by atoms with Gasteiger partial charge in [0.1, 0.15) is 12.3 Å². The number of thiophene rings is 1. The number of imide groups is 1. The van der Waals surface area contributed by atoms with Crippen LogP contribution in [0, 0.1) is 0 Å². The summed E-state index contributed by atoms with van der Waals surface area (Å²) in [4.78, 5) is 24.3. The molecule has 0 saturated heterocycles. The van der Waals surface area contributed by atoms with Crippen LogP contribution in [-0.4, -0.2) is 25.5 Å². The van der Waals surface area contributed by atoms with Crippen molar-refractivity contribution in [2.24, 2.45) is 0 Å². The molecule has 0 aromatic carbocycles. The van der Waals surface area contributed by atoms with Crippen molar-refractivity contribution in [3.63, 3.8) is 0 Å². The third kappa shape index (κ3) is 5.41. The number of nitrogens with one attached hydrogen (secondary N) is 3. The molecule has 0 spiro atoms. The smallest absolute Gasteiger partial charge is 0.321 e. The number of amides is 3. The summed E-state index contributed by atoms with van der Waals surface area (Å²) in [6.45, 7) is 1.25. The Hall–Kier alpha value is -2.12. The van der Waals surface area contributed by atoms with Crippen molar-refractivity contribution in [3.8, 4) is 0 Å². The van der Waals surface area contributed by atoms with Gasteiger partial charge in [-0.05, 0) is 29.0 Å². The van der Waals surface area contributed by atoms with Crippen LogP contribution in [0.2, 0.25) is 0 Å². The summed E-state index contributed by atoms with van der Waals surface area (Å²) in [6.07, 6.45) is 1.53. The normalized spacial score (nSPS) is 11.9. The van der Waals surface area contributed by atoms with Crippen LogP contribution in [0.15, 0.2) is 39.6 Å². The summed E-state index contributed by atoms with van der Waals surface area (Å²) < 4.78 is 5.08. The summed E-state index contributed by atoms with van der Waals surface area (Å²) in [6, 6.07) is 5.01.